The molecular weight excluding hydrogens is 481 g/mol. The van der Waals surface area contributed by atoms with Crippen LogP contribution in [0.4, 0.5) is 0 Å². The Morgan fingerprint density at radius 2 is 2.14 bits per heavy atom. The summed E-state index contributed by atoms with van der Waals surface area (Å²) in [6.07, 6.45) is 4.38. The number of nitrogens with two attached hydrogens (primary N) is 1. The molecule has 0 aliphatic carbocycles. The van der Waals surface area contributed by atoms with Gasteiger partial charge in [0, 0.05) is 35.8 Å². The van der Waals surface area contributed by atoms with Gasteiger partial charge in [-0.15, -0.1) is 24.0 Å². The van der Waals surface area contributed by atoms with E-state index in [1.54, 1.807) is 14.2 Å². The largest absolute Gasteiger partial charge is 0.497 e. The van der Waals surface area contributed by atoms with Gasteiger partial charge in [-0.2, -0.15) is 0 Å². The van der Waals surface area contributed by atoms with E-state index in [1.807, 2.05) is 12.1 Å². The number of methoxy groups -OCH3 is 2. The minimum Gasteiger partial charge on any atom is -0.497 e. The Morgan fingerprint density at radius 1 is 1.31 bits per heavy atom. The lowest BCUT2D eigenvalue weighted by molar-refractivity contribution is 0.273. The van der Waals surface area contributed by atoms with E-state index < -0.39 is 0 Å². The molecule has 162 valence electrons. The number of guanidine groups is 1. The Kier molecular flexibility index (Phi) is 9.35. The van der Waals surface area contributed by atoms with Crippen LogP contribution >= 0.6 is 24.0 Å². The Bertz CT molecular complexity index is 808. The molecule has 0 saturated carbocycles. The fraction of sp³-hybridized carbons (Fsp3) is 0.571. The first-order valence-electron chi connectivity index (χ1n) is 10.2. The molecule has 1 saturated heterocycles. The number of nitrogens with zero attached hydrogens (tertiary/aromatic N) is 2. The van der Waals surface area contributed by atoms with E-state index >= 15 is 0 Å². The molecule has 1 aliphatic rings. The summed E-state index contributed by atoms with van der Waals surface area (Å²) in [5.41, 5.74) is 8.23. The van der Waals surface area contributed by atoms with Crippen molar-refractivity contribution in [1.82, 2.24) is 15.2 Å². The third kappa shape index (κ3) is 6.15. The van der Waals surface area contributed by atoms with Crippen LogP contribution in [0.3, 0.4) is 0 Å². The van der Waals surface area contributed by atoms with Crippen LogP contribution in [-0.4, -0.2) is 62.3 Å². The highest BCUT2D eigenvalue weighted by Gasteiger charge is 2.22. The Morgan fingerprint density at radius 3 is 2.86 bits per heavy atom. The molecular formula is C21H34IN5O2. The van der Waals surface area contributed by atoms with Crippen LogP contribution in [0.1, 0.15) is 31.9 Å². The maximum Gasteiger partial charge on any atom is 0.188 e. The van der Waals surface area contributed by atoms with Gasteiger partial charge in [-0.25, -0.2) is 0 Å². The minimum atomic E-state index is 0. The molecule has 7 nitrogen and oxygen atoms in total. The average Bonchev–Trinajstić information content (AvgIpc) is 3.34. The zero-order valence-electron chi connectivity index (χ0n) is 17.7. The smallest absolute Gasteiger partial charge is 0.188 e. The molecule has 29 heavy (non-hydrogen) atoms. The summed E-state index contributed by atoms with van der Waals surface area (Å²) in [7, 11) is 3.34. The number of likely N-dealkylation sites (tertiary alicyclic amines) is 1. The van der Waals surface area contributed by atoms with Crippen LogP contribution in [0.15, 0.2) is 23.2 Å². The minimum absolute atomic E-state index is 0. The van der Waals surface area contributed by atoms with Gasteiger partial charge in [-0.3, -0.25) is 9.89 Å². The van der Waals surface area contributed by atoms with Gasteiger partial charge in [0.25, 0.3) is 0 Å². The number of rotatable bonds is 9. The molecule has 0 spiro atoms. The molecule has 1 atom stereocenters. The van der Waals surface area contributed by atoms with E-state index in [4.69, 9.17) is 15.2 Å². The summed E-state index contributed by atoms with van der Waals surface area (Å²) < 4.78 is 10.8. The maximum absolute atomic E-state index is 6.03. The molecule has 0 amide bonds. The van der Waals surface area contributed by atoms with Crippen LogP contribution in [0.25, 0.3) is 10.9 Å². The van der Waals surface area contributed by atoms with Gasteiger partial charge in [-0.05, 0) is 44.8 Å². The van der Waals surface area contributed by atoms with Crippen molar-refractivity contribution in [2.24, 2.45) is 10.7 Å². The highest BCUT2D eigenvalue weighted by molar-refractivity contribution is 14.0. The van der Waals surface area contributed by atoms with Crippen molar-refractivity contribution in [3.63, 3.8) is 0 Å². The molecule has 1 unspecified atom stereocenters. The number of nitrogens with one attached hydrogen (secondary N) is 2. The molecule has 2 heterocycles. The highest BCUT2D eigenvalue weighted by atomic mass is 127. The summed E-state index contributed by atoms with van der Waals surface area (Å²) in [6.45, 7) is 6.07. The summed E-state index contributed by atoms with van der Waals surface area (Å²) in [6, 6.07) is 6.59. The topological polar surface area (TPSA) is 87.9 Å². The second-order valence-corrected chi connectivity index (χ2v) is 7.27. The lowest BCUT2D eigenvalue weighted by Crippen LogP contribution is -2.36. The number of halogens is 1. The van der Waals surface area contributed by atoms with Crippen molar-refractivity contribution in [2.45, 2.75) is 38.6 Å². The summed E-state index contributed by atoms with van der Waals surface area (Å²) in [4.78, 5) is 10.5. The fourth-order valence-electron chi connectivity index (χ4n) is 3.93. The molecule has 8 heteroatoms. The van der Waals surface area contributed by atoms with Crippen LogP contribution in [0.5, 0.6) is 11.5 Å². The quantitative estimate of drug-likeness (QED) is 0.207. The normalized spacial score (nSPS) is 17.3. The third-order valence-corrected chi connectivity index (χ3v) is 5.49. The number of hydrogen-bond donors (Lipinski definition) is 3. The molecule has 1 aromatic carbocycles. The van der Waals surface area contributed by atoms with Gasteiger partial charge in [0.2, 0.25) is 0 Å². The summed E-state index contributed by atoms with van der Waals surface area (Å²) in [5.74, 6) is 2.15. The first kappa shape index (κ1) is 23.6. The van der Waals surface area contributed by atoms with Crippen LogP contribution in [-0.2, 0) is 6.42 Å². The number of likely N-dealkylation sites (N-methyl/N-ethyl adjacent to an activating group) is 1. The second-order valence-electron chi connectivity index (χ2n) is 7.27. The van der Waals surface area contributed by atoms with Crippen LogP contribution in [0.2, 0.25) is 0 Å². The predicted molar refractivity (Wildman–Crippen MR) is 130 cm³/mol. The summed E-state index contributed by atoms with van der Waals surface area (Å²) >= 11 is 0. The number of H-pyrrole nitrogens is 1. The van der Waals surface area contributed by atoms with Crippen molar-refractivity contribution in [1.29, 1.82) is 0 Å². The Labute approximate surface area is 190 Å². The third-order valence-electron chi connectivity index (χ3n) is 5.49. The van der Waals surface area contributed by atoms with E-state index in [0.29, 0.717) is 12.0 Å². The van der Waals surface area contributed by atoms with Crippen molar-refractivity contribution < 1.29 is 9.47 Å². The van der Waals surface area contributed by atoms with E-state index in [0.717, 1.165) is 54.9 Å². The molecule has 4 N–H and O–H groups in total. The van der Waals surface area contributed by atoms with Crippen molar-refractivity contribution in [3.8, 4) is 11.5 Å². The van der Waals surface area contributed by atoms with Gasteiger partial charge < -0.3 is 25.5 Å². The van der Waals surface area contributed by atoms with E-state index in [1.165, 1.54) is 25.1 Å². The lowest BCUT2D eigenvalue weighted by atomic mass is 10.2. The number of aromatic nitrogens is 1. The van der Waals surface area contributed by atoms with Gasteiger partial charge in [0.05, 0.1) is 26.3 Å². The van der Waals surface area contributed by atoms with Gasteiger partial charge in [0.15, 0.2) is 5.96 Å². The van der Waals surface area contributed by atoms with Crippen molar-refractivity contribution >= 4 is 40.8 Å². The molecule has 2 aromatic rings. The number of aryl methyl sites for hydroxylation is 1. The van der Waals surface area contributed by atoms with Gasteiger partial charge in [0.1, 0.15) is 11.5 Å². The number of benzene rings is 1. The molecule has 1 aliphatic heterocycles. The highest BCUT2D eigenvalue weighted by Crippen LogP contribution is 2.31. The SMILES string of the molecule is CCN1CCCC1CN=C(N)NCCCc1cc2c(OC)cc(OC)cc2[nH]1.I. The zero-order chi connectivity index (χ0) is 19.9. The van der Waals surface area contributed by atoms with Crippen LogP contribution in [0, 0.1) is 0 Å². The molecule has 1 fully saturated rings. The number of hydrogen-bond acceptors (Lipinski definition) is 4. The Hall–Kier alpha value is -1.68. The number of aliphatic imine (C=N–C) groups is 1. The van der Waals surface area contributed by atoms with Crippen molar-refractivity contribution in [3.05, 3.63) is 23.9 Å². The lowest BCUT2D eigenvalue weighted by Gasteiger charge is -2.20. The number of aromatic amines is 1. The Balaban J connectivity index is 0.00000300. The van der Waals surface area contributed by atoms with E-state index in [2.05, 4.69) is 33.2 Å². The number of fused-ring (bicyclic) bond motifs is 1. The van der Waals surface area contributed by atoms with E-state index in [9.17, 15) is 0 Å². The van der Waals surface area contributed by atoms with Crippen LogP contribution < -0.4 is 20.5 Å². The second kappa shape index (κ2) is 11.5. The molecule has 1 aromatic heterocycles. The number of ether oxygens (including phenoxy) is 2. The van der Waals surface area contributed by atoms with Gasteiger partial charge in [-0.1, -0.05) is 6.92 Å². The predicted octanol–water partition coefficient (Wildman–Crippen LogP) is 3.12. The van der Waals surface area contributed by atoms with E-state index in [-0.39, 0.29) is 24.0 Å². The molecule has 0 radical (unpaired) electrons. The standard InChI is InChI=1S/C21H33N5O2.HI/c1-4-26-10-6-8-16(26)14-24-21(22)23-9-5-7-15-11-18-19(25-15)12-17(27-2)13-20(18)28-3;/h11-13,16,25H,4-10,14H2,1-3H3,(H3,22,23,24);1H. The maximum atomic E-state index is 6.03. The zero-order valence-corrected chi connectivity index (χ0v) is 20.0. The average molecular weight is 515 g/mol. The molecule has 3 rings (SSSR count). The molecule has 0 bridgehead atoms. The monoisotopic (exact) mass is 515 g/mol. The first-order chi connectivity index (χ1) is 13.6. The van der Waals surface area contributed by atoms with Gasteiger partial charge >= 0.3 is 0 Å². The fourth-order valence-corrected chi connectivity index (χ4v) is 3.93. The summed E-state index contributed by atoms with van der Waals surface area (Å²) in [5, 5.41) is 4.31. The first-order valence-corrected chi connectivity index (χ1v) is 10.2. The van der Waals surface area contributed by atoms with Crippen molar-refractivity contribution in [2.75, 3.05) is 40.4 Å².